The highest BCUT2D eigenvalue weighted by Gasteiger charge is 2.17. The van der Waals surface area contributed by atoms with Crippen molar-refractivity contribution < 1.29 is 8.60 Å². The maximum absolute atomic E-state index is 13.6. The zero-order valence-electron chi connectivity index (χ0n) is 9.73. The molecule has 2 atom stereocenters. The van der Waals surface area contributed by atoms with Crippen LogP contribution in [0.1, 0.15) is 22.6 Å². The molecule has 2 rings (SSSR count). The maximum Gasteiger partial charge on any atom is 0.127 e. The van der Waals surface area contributed by atoms with Gasteiger partial charge in [0.1, 0.15) is 5.82 Å². The summed E-state index contributed by atoms with van der Waals surface area (Å²) in [6.45, 7) is 1.78. The van der Waals surface area contributed by atoms with Crippen molar-refractivity contribution in [3.8, 4) is 0 Å². The first-order valence-electron chi connectivity index (χ1n) is 5.43. The van der Waals surface area contributed by atoms with E-state index in [4.69, 9.17) is 11.6 Å². The second-order valence-electron chi connectivity index (χ2n) is 3.89. The summed E-state index contributed by atoms with van der Waals surface area (Å²) in [5.41, 5.74) is 0.499. The second kappa shape index (κ2) is 5.95. The summed E-state index contributed by atoms with van der Waals surface area (Å²) >= 11 is 7.24. The van der Waals surface area contributed by atoms with E-state index in [1.807, 2.05) is 6.07 Å². The van der Waals surface area contributed by atoms with E-state index in [9.17, 15) is 8.60 Å². The zero-order valence-corrected chi connectivity index (χ0v) is 12.1. The lowest BCUT2D eigenvalue weighted by atomic mass is 10.1. The Kier molecular flexibility index (Phi) is 4.54. The molecule has 0 unspecified atom stereocenters. The van der Waals surface area contributed by atoms with Crippen molar-refractivity contribution in [1.29, 1.82) is 0 Å². The molecular weight excluding hydrogens is 291 g/mol. The molecule has 1 aromatic heterocycles. The van der Waals surface area contributed by atoms with E-state index in [0.29, 0.717) is 15.7 Å². The lowest BCUT2D eigenvalue weighted by Crippen LogP contribution is -2.06. The molecule has 0 radical (unpaired) electrons. The summed E-state index contributed by atoms with van der Waals surface area (Å²) in [5, 5.41) is -0.327. The van der Waals surface area contributed by atoms with Crippen molar-refractivity contribution in [3.63, 3.8) is 0 Å². The molecule has 0 bridgehead atoms. The Morgan fingerprint density at radius 1 is 1.33 bits per heavy atom. The van der Waals surface area contributed by atoms with Crippen molar-refractivity contribution in [1.82, 2.24) is 0 Å². The fourth-order valence-corrected chi connectivity index (χ4v) is 4.21. The first kappa shape index (κ1) is 13.7. The Labute approximate surface area is 117 Å². The predicted molar refractivity (Wildman–Crippen MR) is 76.0 cm³/mol. The molecule has 1 heterocycles. The Hall–Kier alpha value is -0.710. The summed E-state index contributed by atoms with van der Waals surface area (Å²) in [4.78, 5) is 0.960. The van der Waals surface area contributed by atoms with Crippen molar-refractivity contribution in [2.24, 2.45) is 0 Å². The van der Waals surface area contributed by atoms with Crippen LogP contribution in [0.25, 0.3) is 0 Å². The van der Waals surface area contributed by atoms with Crippen LogP contribution in [0.4, 0.5) is 4.39 Å². The van der Waals surface area contributed by atoms with Gasteiger partial charge in [-0.25, -0.2) is 4.39 Å². The number of benzene rings is 1. The first-order chi connectivity index (χ1) is 8.58. The molecule has 0 spiro atoms. The third kappa shape index (κ3) is 3.19. The fraction of sp³-hybridized carbons (Fsp3) is 0.231. The molecular formula is C13H12ClFOS2. The van der Waals surface area contributed by atoms with Crippen LogP contribution in [0.3, 0.4) is 0 Å². The number of rotatable bonds is 4. The third-order valence-corrected chi connectivity index (χ3v) is 5.70. The second-order valence-corrected chi connectivity index (χ2v) is 7.45. The Balaban J connectivity index is 2.12. The molecule has 18 heavy (non-hydrogen) atoms. The average Bonchev–Trinajstić information content (AvgIpc) is 2.74. The van der Waals surface area contributed by atoms with Crippen molar-refractivity contribution in [2.45, 2.75) is 17.9 Å². The summed E-state index contributed by atoms with van der Waals surface area (Å²) in [6.07, 6.45) is 0. The molecule has 0 N–H and O–H groups in total. The van der Waals surface area contributed by atoms with E-state index < -0.39 is 10.8 Å². The monoisotopic (exact) mass is 302 g/mol. The molecule has 0 aliphatic rings. The maximum atomic E-state index is 13.6. The SMILES string of the molecule is C[C@H](c1ccccc1F)[S@@](=O)Cc1ccc(Cl)s1. The van der Waals surface area contributed by atoms with Gasteiger partial charge in [0.15, 0.2) is 0 Å². The number of thiophene rings is 1. The van der Waals surface area contributed by atoms with Crippen LogP contribution in [0.5, 0.6) is 0 Å². The first-order valence-corrected chi connectivity index (χ1v) is 8.01. The topological polar surface area (TPSA) is 17.1 Å². The molecule has 0 aliphatic heterocycles. The smallest absolute Gasteiger partial charge is 0.127 e. The van der Waals surface area contributed by atoms with Gasteiger partial charge in [0.05, 0.1) is 15.3 Å². The number of hydrogen-bond donors (Lipinski definition) is 0. The van der Waals surface area contributed by atoms with Crippen LogP contribution >= 0.6 is 22.9 Å². The van der Waals surface area contributed by atoms with Crippen molar-refractivity contribution in [2.75, 3.05) is 0 Å². The minimum atomic E-state index is -1.15. The highest BCUT2D eigenvalue weighted by Crippen LogP contribution is 2.28. The van der Waals surface area contributed by atoms with Gasteiger partial charge in [0.2, 0.25) is 0 Å². The quantitative estimate of drug-likeness (QED) is 0.809. The summed E-state index contributed by atoms with van der Waals surface area (Å²) < 4.78 is 26.5. The van der Waals surface area contributed by atoms with Gasteiger partial charge in [-0.3, -0.25) is 4.21 Å². The minimum Gasteiger partial charge on any atom is -0.259 e. The molecule has 0 saturated heterocycles. The van der Waals surface area contributed by atoms with E-state index in [-0.39, 0.29) is 11.1 Å². The number of halogens is 2. The predicted octanol–water partition coefficient (Wildman–Crippen LogP) is 4.55. The van der Waals surface area contributed by atoms with Gasteiger partial charge in [-0.2, -0.15) is 0 Å². The third-order valence-electron chi connectivity index (χ3n) is 2.65. The fourth-order valence-electron chi connectivity index (χ4n) is 1.64. The highest BCUT2D eigenvalue weighted by molar-refractivity contribution is 7.84. The van der Waals surface area contributed by atoms with Gasteiger partial charge in [0.25, 0.3) is 0 Å². The molecule has 0 saturated carbocycles. The largest absolute Gasteiger partial charge is 0.259 e. The van der Waals surface area contributed by atoms with E-state index in [0.717, 1.165) is 4.88 Å². The molecule has 96 valence electrons. The van der Waals surface area contributed by atoms with Gasteiger partial charge in [0, 0.05) is 21.2 Å². The van der Waals surface area contributed by atoms with E-state index in [1.165, 1.54) is 17.4 Å². The van der Waals surface area contributed by atoms with Gasteiger partial charge < -0.3 is 0 Å². The van der Waals surface area contributed by atoms with E-state index in [1.54, 1.807) is 31.2 Å². The Morgan fingerprint density at radius 3 is 2.67 bits per heavy atom. The lowest BCUT2D eigenvalue weighted by molar-refractivity contribution is 0.606. The molecule has 5 heteroatoms. The lowest BCUT2D eigenvalue weighted by Gasteiger charge is -2.11. The van der Waals surface area contributed by atoms with E-state index >= 15 is 0 Å². The average molecular weight is 303 g/mol. The van der Waals surface area contributed by atoms with Crippen LogP contribution in [0, 0.1) is 5.82 Å². The molecule has 2 aromatic rings. The van der Waals surface area contributed by atoms with Gasteiger partial charge in [-0.15, -0.1) is 11.3 Å². The molecule has 1 nitrogen and oxygen atoms in total. The summed E-state index contributed by atoms with van der Waals surface area (Å²) in [6, 6.07) is 10.1. The van der Waals surface area contributed by atoms with Crippen LogP contribution in [0.15, 0.2) is 36.4 Å². The zero-order chi connectivity index (χ0) is 13.1. The molecule has 0 fully saturated rings. The van der Waals surface area contributed by atoms with Crippen LogP contribution in [-0.4, -0.2) is 4.21 Å². The van der Waals surface area contributed by atoms with Crippen molar-refractivity contribution in [3.05, 3.63) is 57.0 Å². The normalized spacial score (nSPS) is 14.4. The molecule has 0 amide bonds. The Bertz CT molecular complexity index is 568. The minimum absolute atomic E-state index is 0.303. The summed E-state index contributed by atoms with van der Waals surface area (Å²) in [5.74, 6) is 0.106. The Morgan fingerprint density at radius 2 is 2.06 bits per heavy atom. The standard InChI is InChI=1S/C13H12ClFOS2/c1-9(11-4-2-3-5-12(11)15)18(16)8-10-6-7-13(14)17-10/h2-7,9H,8H2,1H3/t9-,18+/m1/s1. The van der Waals surface area contributed by atoms with Crippen LogP contribution in [0.2, 0.25) is 4.34 Å². The van der Waals surface area contributed by atoms with Gasteiger partial charge in [-0.05, 0) is 25.1 Å². The molecule has 1 aromatic carbocycles. The van der Waals surface area contributed by atoms with Crippen LogP contribution < -0.4 is 0 Å². The molecule has 0 aliphatic carbocycles. The van der Waals surface area contributed by atoms with E-state index in [2.05, 4.69) is 0 Å². The van der Waals surface area contributed by atoms with Gasteiger partial charge >= 0.3 is 0 Å². The number of hydrogen-bond acceptors (Lipinski definition) is 2. The van der Waals surface area contributed by atoms with Gasteiger partial charge in [-0.1, -0.05) is 29.8 Å². The summed E-state index contributed by atoms with van der Waals surface area (Å²) in [7, 11) is -1.15. The van der Waals surface area contributed by atoms with Crippen LogP contribution in [-0.2, 0) is 16.6 Å². The highest BCUT2D eigenvalue weighted by atomic mass is 35.5. The van der Waals surface area contributed by atoms with Crippen molar-refractivity contribution >= 4 is 33.7 Å².